The van der Waals surface area contributed by atoms with E-state index in [0.29, 0.717) is 11.5 Å². The molecule has 1 aliphatic carbocycles. The van der Waals surface area contributed by atoms with Gasteiger partial charge in [-0.1, -0.05) is 44.9 Å². The second-order valence-electron chi connectivity index (χ2n) is 6.13. The second kappa shape index (κ2) is 6.80. The molecule has 3 nitrogen and oxygen atoms in total. The zero-order chi connectivity index (χ0) is 12.8. The standard InChI is InChI=1S/C14H26N2OS/c1-14(2)10-16-13(18-11-14)15-8-9-17-12-6-4-3-5-7-12/h12H,3-11H2,1-2H3,(H,15,16). The van der Waals surface area contributed by atoms with Crippen molar-refractivity contribution in [2.24, 2.45) is 10.4 Å². The lowest BCUT2D eigenvalue weighted by Crippen LogP contribution is -2.33. The molecule has 0 amide bonds. The van der Waals surface area contributed by atoms with Crippen LogP contribution in [0.2, 0.25) is 0 Å². The van der Waals surface area contributed by atoms with E-state index >= 15 is 0 Å². The summed E-state index contributed by atoms with van der Waals surface area (Å²) in [5.41, 5.74) is 0.356. The lowest BCUT2D eigenvalue weighted by Gasteiger charge is -2.27. The quantitative estimate of drug-likeness (QED) is 0.797. The van der Waals surface area contributed by atoms with E-state index in [-0.39, 0.29) is 0 Å². The van der Waals surface area contributed by atoms with E-state index in [4.69, 9.17) is 4.74 Å². The molecule has 0 bridgehead atoms. The van der Waals surface area contributed by atoms with Crippen LogP contribution in [0.25, 0.3) is 0 Å². The van der Waals surface area contributed by atoms with Crippen LogP contribution in [0.4, 0.5) is 0 Å². The van der Waals surface area contributed by atoms with Crippen LogP contribution in [0.1, 0.15) is 46.0 Å². The summed E-state index contributed by atoms with van der Waals surface area (Å²) in [5, 5.41) is 4.49. The van der Waals surface area contributed by atoms with Crippen LogP contribution in [0.5, 0.6) is 0 Å². The molecule has 0 atom stereocenters. The van der Waals surface area contributed by atoms with Crippen molar-refractivity contribution in [3.63, 3.8) is 0 Å². The Morgan fingerprint density at radius 3 is 2.78 bits per heavy atom. The second-order valence-corrected chi connectivity index (χ2v) is 7.10. The molecule has 0 spiro atoms. The van der Waals surface area contributed by atoms with Crippen molar-refractivity contribution in [1.29, 1.82) is 0 Å². The minimum absolute atomic E-state index is 0.356. The normalized spacial score (nSPS) is 24.7. The maximum atomic E-state index is 5.89. The van der Waals surface area contributed by atoms with E-state index in [1.807, 2.05) is 11.8 Å². The zero-order valence-corrected chi connectivity index (χ0v) is 12.5. The van der Waals surface area contributed by atoms with Gasteiger partial charge in [-0.25, -0.2) is 0 Å². The molecule has 0 radical (unpaired) electrons. The third kappa shape index (κ3) is 4.81. The van der Waals surface area contributed by atoms with Crippen molar-refractivity contribution < 1.29 is 4.74 Å². The molecule has 0 unspecified atom stereocenters. The molecular weight excluding hydrogens is 244 g/mol. The van der Waals surface area contributed by atoms with Crippen LogP contribution < -0.4 is 5.32 Å². The summed E-state index contributed by atoms with van der Waals surface area (Å²) in [6.07, 6.45) is 7.10. The first-order chi connectivity index (χ1) is 8.66. The molecule has 0 aromatic heterocycles. The summed E-state index contributed by atoms with van der Waals surface area (Å²) >= 11 is 1.84. The lowest BCUT2D eigenvalue weighted by atomic mass is 9.97. The molecular formula is C14H26N2OS. The minimum Gasteiger partial charge on any atom is -0.376 e. The number of hydrogen-bond donors (Lipinski definition) is 1. The topological polar surface area (TPSA) is 33.6 Å². The largest absolute Gasteiger partial charge is 0.376 e. The van der Waals surface area contributed by atoms with Crippen molar-refractivity contribution in [1.82, 2.24) is 5.32 Å². The summed E-state index contributed by atoms with van der Waals surface area (Å²) in [4.78, 5) is 4.58. The van der Waals surface area contributed by atoms with E-state index in [9.17, 15) is 0 Å². The van der Waals surface area contributed by atoms with Crippen molar-refractivity contribution in [2.45, 2.75) is 52.1 Å². The lowest BCUT2D eigenvalue weighted by molar-refractivity contribution is 0.0319. The average molecular weight is 270 g/mol. The Kier molecular flexibility index (Phi) is 5.37. The van der Waals surface area contributed by atoms with Gasteiger partial charge in [-0.3, -0.25) is 4.99 Å². The Labute approximate surface area is 115 Å². The number of amidine groups is 1. The maximum Gasteiger partial charge on any atom is 0.156 e. The van der Waals surface area contributed by atoms with Gasteiger partial charge in [0.15, 0.2) is 5.17 Å². The van der Waals surface area contributed by atoms with Gasteiger partial charge in [0.25, 0.3) is 0 Å². The smallest absolute Gasteiger partial charge is 0.156 e. The fraction of sp³-hybridized carbons (Fsp3) is 0.929. The van der Waals surface area contributed by atoms with Crippen molar-refractivity contribution >= 4 is 16.9 Å². The van der Waals surface area contributed by atoms with Crippen molar-refractivity contribution in [3.05, 3.63) is 0 Å². The van der Waals surface area contributed by atoms with Crippen molar-refractivity contribution in [2.75, 3.05) is 25.4 Å². The van der Waals surface area contributed by atoms with E-state index in [1.165, 1.54) is 32.1 Å². The Morgan fingerprint density at radius 2 is 2.11 bits per heavy atom. The van der Waals surface area contributed by atoms with Crippen LogP contribution in [0, 0.1) is 5.41 Å². The molecule has 1 fully saturated rings. The fourth-order valence-electron chi connectivity index (χ4n) is 2.36. The molecule has 104 valence electrons. The maximum absolute atomic E-state index is 5.89. The average Bonchev–Trinajstić information content (AvgIpc) is 2.37. The minimum atomic E-state index is 0.356. The monoisotopic (exact) mass is 270 g/mol. The van der Waals surface area contributed by atoms with Gasteiger partial charge in [0.2, 0.25) is 0 Å². The van der Waals surface area contributed by atoms with E-state index in [2.05, 4.69) is 24.2 Å². The first-order valence-corrected chi connectivity index (χ1v) is 8.17. The summed E-state index contributed by atoms with van der Waals surface area (Å²) in [5.74, 6) is 1.16. The highest BCUT2D eigenvalue weighted by atomic mass is 32.2. The molecule has 1 N–H and O–H groups in total. The number of nitrogens with zero attached hydrogens (tertiary/aromatic N) is 1. The first kappa shape index (κ1) is 14.2. The molecule has 0 saturated heterocycles. The molecule has 0 aromatic carbocycles. The van der Waals surface area contributed by atoms with Gasteiger partial charge in [0, 0.05) is 18.8 Å². The number of ether oxygens (including phenoxy) is 1. The fourth-order valence-corrected chi connectivity index (χ4v) is 3.34. The van der Waals surface area contributed by atoms with E-state index < -0.39 is 0 Å². The third-order valence-electron chi connectivity index (χ3n) is 3.53. The van der Waals surface area contributed by atoms with Crippen LogP contribution in [0.15, 0.2) is 4.99 Å². The van der Waals surface area contributed by atoms with Gasteiger partial charge in [-0.2, -0.15) is 0 Å². The van der Waals surface area contributed by atoms with E-state index in [1.54, 1.807) is 0 Å². The van der Waals surface area contributed by atoms with Gasteiger partial charge in [-0.15, -0.1) is 0 Å². The van der Waals surface area contributed by atoms with E-state index in [0.717, 1.165) is 30.6 Å². The molecule has 4 heteroatoms. The SMILES string of the molecule is CC1(C)CN=C(NCCOC2CCCCC2)SC1. The highest BCUT2D eigenvalue weighted by Gasteiger charge is 2.23. The highest BCUT2D eigenvalue weighted by Crippen LogP contribution is 2.26. The zero-order valence-electron chi connectivity index (χ0n) is 11.7. The number of nitrogens with one attached hydrogen (secondary N) is 1. The van der Waals surface area contributed by atoms with Gasteiger partial charge in [0.1, 0.15) is 0 Å². The molecule has 18 heavy (non-hydrogen) atoms. The molecule has 1 saturated carbocycles. The van der Waals surface area contributed by atoms with Gasteiger partial charge in [0.05, 0.1) is 12.7 Å². The van der Waals surface area contributed by atoms with Crippen LogP contribution in [-0.2, 0) is 4.74 Å². The first-order valence-electron chi connectivity index (χ1n) is 7.18. The number of aliphatic imine (C=N–C) groups is 1. The molecule has 1 aliphatic heterocycles. The Balaban J connectivity index is 1.57. The van der Waals surface area contributed by atoms with Crippen molar-refractivity contribution in [3.8, 4) is 0 Å². The Bertz CT molecular complexity index is 286. The Hall–Kier alpha value is -0.220. The Morgan fingerprint density at radius 1 is 1.33 bits per heavy atom. The van der Waals surface area contributed by atoms with Gasteiger partial charge < -0.3 is 10.1 Å². The third-order valence-corrected chi connectivity index (χ3v) is 5.01. The summed E-state index contributed by atoms with van der Waals surface area (Å²) in [7, 11) is 0. The van der Waals surface area contributed by atoms with Crippen LogP contribution in [-0.4, -0.2) is 36.7 Å². The molecule has 0 aromatic rings. The van der Waals surface area contributed by atoms with Gasteiger partial charge in [-0.05, 0) is 18.3 Å². The predicted octanol–water partition coefficient (Wildman–Crippen LogP) is 3.05. The highest BCUT2D eigenvalue weighted by molar-refractivity contribution is 8.13. The summed E-state index contributed by atoms with van der Waals surface area (Å²) < 4.78 is 5.89. The predicted molar refractivity (Wildman–Crippen MR) is 79.4 cm³/mol. The van der Waals surface area contributed by atoms with Gasteiger partial charge >= 0.3 is 0 Å². The number of thioether (sulfide) groups is 1. The summed E-state index contributed by atoms with van der Waals surface area (Å²) in [6, 6.07) is 0. The van der Waals surface area contributed by atoms with Crippen LogP contribution in [0.3, 0.4) is 0 Å². The number of hydrogen-bond acceptors (Lipinski definition) is 4. The molecule has 2 rings (SSSR count). The number of rotatable bonds is 4. The van der Waals surface area contributed by atoms with Crippen LogP contribution >= 0.6 is 11.8 Å². The molecule has 1 heterocycles. The molecule has 2 aliphatic rings. The summed E-state index contributed by atoms with van der Waals surface area (Å²) in [6.45, 7) is 7.18.